The molecule has 2 N–H and O–H groups in total. The van der Waals surface area contributed by atoms with E-state index < -0.39 is 12.1 Å². The Morgan fingerprint density at radius 1 is 1.20 bits per heavy atom. The maximum absolute atomic E-state index is 12.1. The van der Waals surface area contributed by atoms with Crippen LogP contribution in [0.3, 0.4) is 0 Å². The van der Waals surface area contributed by atoms with E-state index in [1.54, 1.807) is 0 Å². The number of hydrogen-bond donors (Lipinski definition) is 2. The normalized spacial score (nSPS) is 21.3. The molecule has 0 aliphatic heterocycles. The highest BCUT2D eigenvalue weighted by Crippen LogP contribution is 2.31. The lowest BCUT2D eigenvalue weighted by molar-refractivity contribution is -0.137. The van der Waals surface area contributed by atoms with Gasteiger partial charge in [0.1, 0.15) is 6.61 Å². The second kappa shape index (κ2) is 10.1. The minimum Gasteiger partial charge on any atom is -0.481 e. The highest BCUT2D eigenvalue weighted by Gasteiger charge is 2.23. The van der Waals surface area contributed by atoms with Crippen LogP contribution >= 0.6 is 0 Å². The maximum Gasteiger partial charge on any atom is 0.407 e. The first-order valence-corrected chi connectivity index (χ1v) is 9.22. The number of carboxylic acids is 1. The quantitative estimate of drug-likeness (QED) is 0.732. The largest absolute Gasteiger partial charge is 0.481 e. The smallest absolute Gasteiger partial charge is 0.407 e. The molecule has 0 heterocycles. The van der Waals surface area contributed by atoms with E-state index in [1.165, 1.54) is 12.8 Å². The Hall–Kier alpha value is -2.04. The first kappa shape index (κ1) is 19.3. The molecule has 1 aromatic rings. The highest BCUT2D eigenvalue weighted by atomic mass is 16.5. The van der Waals surface area contributed by atoms with Crippen LogP contribution in [0.15, 0.2) is 30.3 Å². The molecule has 5 nitrogen and oxygen atoms in total. The fourth-order valence-corrected chi connectivity index (χ4v) is 3.45. The minimum absolute atomic E-state index is 0.0623. The zero-order valence-electron chi connectivity index (χ0n) is 14.9. The number of hydrogen-bond acceptors (Lipinski definition) is 3. The van der Waals surface area contributed by atoms with Crippen LogP contribution in [0.4, 0.5) is 4.79 Å². The van der Waals surface area contributed by atoms with Crippen LogP contribution in [-0.2, 0) is 16.1 Å². The van der Waals surface area contributed by atoms with Gasteiger partial charge in [-0.2, -0.15) is 0 Å². The number of amides is 1. The van der Waals surface area contributed by atoms with Crippen molar-refractivity contribution in [3.8, 4) is 0 Å². The molecule has 1 aliphatic rings. The van der Waals surface area contributed by atoms with Gasteiger partial charge >= 0.3 is 12.1 Å². The number of carbonyl (C=O) groups is 2. The van der Waals surface area contributed by atoms with Gasteiger partial charge in [0, 0.05) is 12.5 Å². The minimum atomic E-state index is -0.832. The predicted octanol–water partition coefficient (Wildman–Crippen LogP) is 4.36. The molecule has 1 aromatic carbocycles. The zero-order chi connectivity index (χ0) is 18.1. The lowest BCUT2D eigenvalue weighted by Gasteiger charge is -2.29. The van der Waals surface area contributed by atoms with Gasteiger partial charge in [0.2, 0.25) is 0 Å². The molecule has 5 heteroatoms. The average molecular weight is 347 g/mol. The van der Waals surface area contributed by atoms with E-state index in [-0.39, 0.29) is 19.1 Å². The molecule has 1 fully saturated rings. The van der Waals surface area contributed by atoms with Crippen LogP contribution in [0.25, 0.3) is 0 Å². The van der Waals surface area contributed by atoms with E-state index in [0.29, 0.717) is 12.3 Å². The summed E-state index contributed by atoms with van der Waals surface area (Å²) in [6, 6.07) is 9.37. The van der Waals surface area contributed by atoms with Crippen LogP contribution < -0.4 is 5.32 Å². The molecule has 1 saturated carbocycles. The van der Waals surface area contributed by atoms with Crippen molar-refractivity contribution in [3.63, 3.8) is 0 Å². The molecule has 0 bridgehead atoms. The molecule has 138 valence electrons. The van der Waals surface area contributed by atoms with Crippen LogP contribution in [0.5, 0.6) is 0 Å². The van der Waals surface area contributed by atoms with Crippen LogP contribution in [0, 0.1) is 11.8 Å². The van der Waals surface area contributed by atoms with E-state index in [9.17, 15) is 9.59 Å². The molecule has 0 aromatic heterocycles. The molecule has 1 aliphatic carbocycles. The molecular weight excluding hydrogens is 318 g/mol. The predicted molar refractivity (Wildman–Crippen MR) is 96.2 cm³/mol. The fourth-order valence-electron chi connectivity index (χ4n) is 3.45. The summed E-state index contributed by atoms with van der Waals surface area (Å²) in [5.74, 6) is 0.503. The molecule has 2 rings (SSSR count). The Morgan fingerprint density at radius 2 is 1.88 bits per heavy atom. The van der Waals surface area contributed by atoms with Gasteiger partial charge in [-0.3, -0.25) is 4.79 Å². The van der Waals surface area contributed by atoms with Crippen molar-refractivity contribution in [2.75, 3.05) is 0 Å². The summed E-state index contributed by atoms with van der Waals surface area (Å²) in [4.78, 5) is 23.0. The first-order valence-electron chi connectivity index (χ1n) is 9.22. The summed E-state index contributed by atoms with van der Waals surface area (Å²) in [7, 11) is 0. The summed E-state index contributed by atoms with van der Waals surface area (Å²) < 4.78 is 5.27. The summed E-state index contributed by atoms with van der Waals surface area (Å²) in [6.45, 7) is 2.50. The molecular formula is C20H29NO4. The summed E-state index contributed by atoms with van der Waals surface area (Å²) in [5, 5.41) is 11.8. The van der Waals surface area contributed by atoms with Gasteiger partial charge in [-0.05, 0) is 30.2 Å². The first-order chi connectivity index (χ1) is 12.0. The Balaban J connectivity index is 1.81. The van der Waals surface area contributed by atoms with Gasteiger partial charge in [0.25, 0.3) is 0 Å². The lowest BCUT2D eigenvalue weighted by Crippen LogP contribution is -2.37. The number of carboxylic acid groups (broad SMARTS) is 1. The zero-order valence-corrected chi connectivity index (χ0v) is 14.9. The lowest BCUT2D eigenvalue weighted by atomic mass is 9.79. The number of alkyl carbamates (subject to hydrolysis) is 1. The SMILES string of the molecule is CC1CCC(CC(CCC(=O)O)NC(=O)OCc2ccccc2)CC1. The monoisotopic (exact) mass is 347 g/mol. The van der Waals surface area contributed by atoms with E-state index in [4.69, 9.17) is 9.84 Å². The number of nitrogens with one attached hydrogen (secondary N) is 1. The summed E-state index contributed by atoms with van der Waals surface area (Å²) in [5.41, 5.74) is 0.931. The molecule has 0 saturated heterocycles. The molecule has 25 heavy (non-hydrogen) atoms. The van der Waals surface area contributed by atoms with E-state index in [1.807, 2.05) is 30.3 Å². The van der Waals surface area contributed by atoms with E-state index in [2.05, 4.69) is 12.2 Å². The summed E-state index contributed by atoms with van der Waals surface area (Å²) in [6.07, 6.45) is 5.62. The number of carbonyl (C=O) groups excluding carboxylic acids is 1. The van der Waals surface area contributed by atoms with Gasteiger partial charge in [-0.1, -0.05) is 62.9 Å². The molecule has 1 atom stereocenters. The van der Waals surface area contributed by atoms with Gasteiger partial charge in [-0.25, -0.2) is 4.79 Å². The third-order valence-electron chi connectivity index (χ3n) is 4.99. The molecule has 1 amide bonds. The van der Waals surface area contributed by atoms with Crippen LogP contribution in [-0.4, -0.2) is 23.2 Å². The maximum atomic E-state index is 12.1. The average Bonchev–Trinajstić information content (AvgIpc) is 2.60. The Morgan fingerprint density at radius 3 is 2.52 bits per heavy atom. The van der Waals surface area contributed by atoms with E-state index in [0.717, 1.165) is 30.7 Å². The second-order valence-electron chi connectivity index (χ2n) is 7.20. The van der Waals surface area contributed by atoms with Crippen molar-refractivity contribution >= 4 is 12.1 Å². The molecule has 0 spiro atoms. The number of ether oxygens (including phenoxy) is 1. The fraction of sp³-hybridized carbons (Fsp3) is 0.600. The Kier molecular flexibility index (Phi) is 7.76. The van der Waals surface area contributed by atoms with Crippen molar-refractivity contribution < 1.29 is 19.4 Å². The number of aliphatic carboxylic acids is 1. The van der Waals surface area contributed by atoms with Crippen molar-refractivity contribution in [2.45, 2.75) is 64.5 Å². The van der Waals surface area contributed by atoms with Gasteiger partial charge in [0.15, 0.2) is 0 Å². The van der Waals surface area contributed by atoms with Crippen molar-refractivity contribution in [1.82, 2.24) is 5.32 Å². The van der Waals surface area contributed by atoms with Gasteiger partial charge in [0.05, 0.1) is 0 Å². The van der Waals surface area contributed by atoms with Crippen molar-refractivity contribution in [1.29, 1.82) is 0 Å². The van der Waals surface area contributed by atoms with Gasteiger partial charge in [-0.15, -0.1) is 0 Å². The Bertz CT molecular complexity index is 538. The van der Waals surface area contributed by atoms with Crippen LogP contribution in [0.1, 0.15) is 57.4 Å². The highest BCUT2D eigenvalue weighted by molar-refractivity contribution is 5.68. The van der Waals surface area contributed by atoms with Crippen molar-refractivity contribution in [2.24, 2.45) is 11.8 Å². The van der Waals surface area contributed by atoms with E-state index >= 15 is 0 Å². The van der Waals surface area contributed by atoms with Crippen LogP contribution in [0.2, 0.25) is 0 Å². The third kappa shape index (κ3) is 7.59. The third-order valence-corrected chi connectivity index (χ3v) is 4.99. The second-order valence-corrected chi connectivity index (χ2v) is 7.20. The summed E-state index contributed by atoms with van der Waals surface area (Å²) >= 11 is 0. The molecule has 0 radical (unpaired) electrons. The van der Waals surface area contributed by atoms with Gasteiger partial charge < -0.3 is 15.2 Å². The van der Waals surface area contributed by atoms with Crippen molar-refractivity contribution in [3.05, 3.63) is 35.9 Å². The molecule has 1 unspecified atom stereocenters. The number of rotatable bonds is 8. The topological polar surface area (TPSA) is 75.6 Å². The number of benzene rings is 1. The standard InChI is InChI=1S/C20H29NO4/c1-15-7-9-16(10-8-15)13-18(11-12-19(22)23)21-20(24)25-14-17-5-3-2-4-6-17/h2-6,15-16,18H,7-14H2,1H3,(H,21,24)(H,22,23). The Labute approximate surface area is 149 Å².